The van der Waals surface area contributed by atoms with Crippen molar-refractivity contribution in [2.75, 3.05) is 23.7 Å². The van der Waals surface area contributed by atoms with Gasteiger partial charge in [0.05, 0.1) is 11.9 Å². The predicted octanol–water partition coefficient (Wildman–Crippen LogP) is 4.26. The summed E-state index contributed by atoms with van der Waals surface area (Å²) < 4.78 is 39.7. The van der Waals surface area contributed by atoms with Crippen LogP contribution in [0.5, 0.6) is 0 Å². The molecule has 0 unspecified atom stereocenters. The zero-order chi connectivity index (χ0) is 26.9. The number of amides is 2. The number of halogens is 1. The first-order valence-electron chi connectivity index (χ1n) is 12.3. The number of hydrogen-bond donors (Lipinski definition) is 1. The van der Waals surface area contributed by atoms with Gasteiger partial charge in [0.1, 0.15) is 11.9 Å². The van der Waals surface area contributed by atoms with Gasteiger partial charge in [0, 0.05) is 26.1 Å². The quantitative estimate of drug-likeness (QED) is 0.428. The fourth-order valence-electron chi connectivity index (χ4n) is 3.95. The Hall–Kier alpha value is -2.94. The fourth-order valence-corrected chi connectivity index (χ4v) is 4.98. The number of anilines is 1. The monoisotopic (exact) mass is 519 g/mol. The third-order valence-electron chi connectivity index (χ3n) is 5.87. The van der Waals surface area contributed by atoms with Crippen LogP contribution in [0.15, 0.2) is 48.5 Å². The van der Waals surface area contributed by atoms with E-state index in [1.807, 2.05) is 39.8 Å². The Labute approximate surface area is 214 Å². The van der Waals surface area contributed by atoms with Gasteiger partial charge in [-0.2, -0.15) is 0 Å². The van der Waals surface area contributed by atoms with Gasteiger partial charge in [-0.25, -0.2) is 12.8 Å². The lowest BCUT2D eigenvalue weighted by Crippen LogP contribution is -2.49. The van der Waals surface area contributed by atoms with Crippen molar-refractivity contribution in [3.8, 4) is 0 Å². The van der Waals surface area contributed by atoms with E-state index in [-0.39, 0.29) is 49.5 Å². The highest BCUT2D eigenvalue weighted by Gasteiger charge is 2.29. The van der Waals surface area contributed by atoms with E-state index in [2.05, 4.69) is 5.32 Å². The summed E-state index contributed by atoms with van der Waals surface area (Å²) in [5.41, 5.74) is 2.10. The Balaban J connectivity index is 2.21. The second-order valence-electron chi connectivity index (χ2n) is 9.44. The van der Waals surface area contributed by atoms with Crippen LogP contribution >= 0.6 is 0 Å². The smallest absolute Gasteiger partial charge is 0.242 e. The summed E-state index contributed by atoms with van der Waals surface area (Å²) in [6.45, 7) is 8.44. The molecule has 0 fully saturated rings. The molecular weight excluding hydrogens is 481 g/mol. The van der Waals surface area contributed by atoms with Crippen molar-refractivity contribution in [1.82, 2.24) is 10.2 Å². The first-order chi connectivity index (χ1) is 16.9. The highest BCUT2D eigenvalue weighted by Crippen LogP contribution is 2.23. The third-order valence-corrected chi connectivity index (χ3v) is 7.05. The molecule has 2 rings (SSSR count). The first-order valence-corrected chi connectivity index (χ1v) is 14.1. The number of sulfonamides is 1. The number of nitrogens with zero attached hydrogens (tertiary/aromatic N) is 2. The predicted molar refractivity (Wildman–Crippen MR) is 141 cm³/mol. The van der Waals surface area contributed by atoms with Gasteiger partial charge in [0.2, 0.25) is 21.8 Å². The van der Waals surface area contributed by atoms with E-state index < -0.39 is 16.1 Å². The molecule has 36 heavy (non-hydrogen) atoms. The minimum Gasteiger partial charge on any atom is -0.354 e. The molecule has 2 aromatic carbocycles. The van der Waals surface area contributed by atoms with Crippen LogP contribution in [0, 0.1) is 18.7 Å². The maximum atomic E-state index is 13.4. The highest BCUT2D eigenvalue weighted by atomic mass is 32.2. The minimum atomic E-state index is -3.55. The van der Waals surface area contributed by atoms with Crippen LogP contribution in [0.4, 0.5) is 10.1 Å². The third kappa shape index (κ3) is 8.62. The topological polar surface area (TPSA) is 86.8 Å². The number of nitrogens with one attached hydrogen (secondary N) is 1. The highest BCUT2D eigenvalue weighted by molar-refractivity contribution is 7.92. The summed E-state index contributed by atoms with van der Waals surface area (Å²) >= 11 is 0. The maximum Gasteiger partial charge on any atom is 0.242 e. The van der Waals surface area contributed by atoms with Gasteiger partial charge >= 0.3 is 0 Å². The van der Waals surface area contributed by atoms with Crippen molar-refractivity contribution in [2.45, 2.75) is 59.5 Å². The normalized spacial score (nSPS) is 12.3. The summed E-state index contributed by atoms with van der Waals surface area (Å²) in [6.07, 6.45) is 1.90. The number of carbonyl (C=O) groups excluding carboxylic acids is 2. The SMILES string of the molecule is CC[C@@H](C(=O)NCC(C)C)N(Cc1ccc(F)cc1)C(=O)CCCN(c1ccccc1C)S(C)(=O)=O. The molecule has 198 valence electrons. The minimum absolute atomic E-state index is 0.0626. The van der Waals surface area contributed by atoms with Crippen molar-refractivity contribution in [3.05, 3.63) is 65.5 Å². The molecule has 2 aromatic rings. The van der Waals surface area contributed by atoms with Crippen molar-refractivity contribution < 1.29 is 22.4 Å². The summed E-state index contributed by atoms with van der Waals surface area (Å²) in [7, 11) is -3.55. The number of rotatable bonds is 13. The molecule has 7 nitrogen and oxygen atoms in total. The molecule has 0 bridgehead atoms. The lowest BCUT2D eigenvalue weighted by Gasteiger charge is -2.31. The van der Waals surface area contributed by atoms with E-state index in [0.29, 0.717) is 24.2 Å². The molecular formula is C27H38FN3O4S. The Kier molecular flexibility index (Phi) is 10.9. The van der Waals surface area contributed by atoms with Gasteiger partial charge in [-0.05, 0) is 55.0 Å². The van der Waals surface area contributed by atoms with Gasteiger partial charge in [0.15, 0.2) is 0 Å². The average Bonchev–Trinajstić information content (AvgIpc) is 2.81. The second kappa shape index (κ2) is 13.4. The van der Waals surface area contributed by atoms with Gasteiger partial charge in [-0.1, -0.05) is 51.1 Å². The standard InChI is InChI=1S/C27H38FN3O4S/c1-6-24(27(33)29-18-20(2)3)30(19-22-13-15-23(28)16-14-22)26(32)12-9-17-31(36(5,34)35)25-11-8-7-10-21(25)4/h7-8,10-11,13-16,20,24H,6,9,12,17-19H2,1-5H3,(H,29,33)/t24-/m0/s1. The Morgan fingerprint density at radius 2 is 1.69 bits per heavy atom. The maximum absolute atomic E-state index is 13.4. The molecule has 1 N–H and O–H groups in total. The Bertz CT molecular complexity index is 1120. The van der Waals surface area contributed by atoms with Gasteiger partial charge < -0.3 is 10.2 Å². The van der Waals surface area contributed by atoms with Gasteiger partial charge in [-0.3, -0.25) is 13.9 Å². The Morgan fingerprint density at radius 3 is 2.25 bits per heavy atom. The molecule has 0 saturated heterocycles. The second-order valence-corrected chi connectivity index (χ2v) is 11.3. The van der Waals surface area contributed by atoms with Crippen LogP contribution in [-0.2, 0) is 26.2 Å². The molecule has 0 heterocycles. The van der Waals surface area contributed by atoms with Crippen molar-refractivity contribution in [3.63, 3.8) is 0 Å². The number of aryl methyl sites for hydroxylation is 1. The fraction of sp³-hybridized carbons (Fsp3) is 0.481. The zero-order valence-corrected chi connectivity index (χ0v) is 22.6. The average molecular weight is 520 g/mol. The molecule has 0 aliphatic rings. The molecule has 0 aliphatic carbocycles. The lowest BCUT2D eigenvalue weighted by molar-refractivity contribution is -0.141. The summed E-state index contributed by atoms with van der Waals surface area (Å²) in [5, 5.41) is 2.90. The van der Waals surface area contributed by atoms with E-state index >= 15 is 0 Å². The summed E-state index contributed by atoms with van der Waals surface area (Å²) in [5.74, 6) is -0.616. The largest absolute Gasteiger partial charge is 0.354 e. The summed E-state index contributed by atoms with van der Waals surface area (Å²) in [6, 6.07) is 12.3. The number of para-hydroxylation sites is 1. The lowest BCUT2D eigenvalue weighted by atomic mass is 10.1. The molecule has 1 atom stereocenters. The molecule has 9 heteroatoms. The van der Waals surface area contributed by atoms with Crippen LogP contribution in [0.3, 0.4) is 0 Å². The molecule has 0 spiro atoms. The van der Waals surface area contributed by atoms with Crippen LogP contribution in [0.2, 0.25) is 0 Å². The van der Waals surface area contributed by atoms with Crippen molar-refractivity contribution in [2.24, 2.45) is 5.92 Å². The molecule has 0 saturated carbocycles. The molecule has 2 amide bonds. The van der Waals surface area contributed by atoms with Crippen LogP contribution in [-0.4, -0.2) is 50.5 Å². The molecule has 0 aliphatic heterocycles. The first kappa shape index (κ1) is 29.3. The van der Waals surface area contributed by atoms with Crippen LogP contribution in [0.25, 0.3) is 0 Å². The van der Waals surface area contributed by atoms with Crippen molar-refractivity contribution in [1.29, 1.82) is 0 Å². The van der Waals surface area contributed by atoms with Crippen LogP contribution in [0.1, 0.15) is 51.2 Å². The zero-order valence-electron chi connectivity index (χ0n) is 21.8. The van der Waals surface area contributed by atoms with E-state index in [0.717, 1.165) is 11.8 Å². The Morgan fingerprint density at radius 1 is 1.06 bits per heavy atom. The van der Waals surface area contributed by atoms with E-state index in [1.165, 1.54) is 21.3 Å². The summed E-state index contributed by atoms with van der Waals surface area (Å²) in [4.78, 5) is 27.9. The van der Waals surface area contributed by atoms with E-state index in [9.17, 15) is 22.4 Å². The van der Waals surface area contributed by atoms with Crippen LogP contribution < -0.4 is 9.62 Å². The number of hydrogen-bond acceptors (Lipinski definition) is 4. The van der Waals surface area contributed by atoms with Gasteiger partial charge in [-0.15, -0.1) is 0 Å². The number of carbonyl (C=O) groups is 2. The molecule has 0 aromatic heterocycles. The number of benzene rings is 2. The van der Waals surface area contributed by atoms with E-state index in [4.69, 9.17) is 0 Å². The van der Waals surface area contributed by atoms with Crippen molar-refractivity contribution >= 4 is 27.5 Å². The molecule has 0 radical (unpaired) electrons. The van der Waals surface area contributed by atoms with Gasteiger partial charge in [0.25, 0.3) is 0 Å². The van der Waals surface area contributed by atoms with E-state index in [1.54, 1.807) is 24.3 Å².